The SMILES string of the molecule is C.C#C.C=C=C=C=C=C=C.O=c1c2ccccc2n2c3c(cccc13)C1(C=Cc3c(ccc4ccccc34)O1)c1ccccc1-2.O=c1c2ccccc2n2c3ccccc3c(=O)c3cccc1c32. The summed E-state index contributed by atoms with van der Waals surface area (Å²) in [5, 5.41) is 6.29. The quantitative estimate of drug-likeness (QED) is 0.0659. The molecule has 0 saturated carbocycles. The summed E-state index contributed by atoms with van der Waals surface area (Å²) in [4.78, 5) is 39.2. The molecule has 6 nitrogen and oxygen atoms in total. The highest BCUT2D eigenvalue weighted by Gasteiger charge is 2.44. The van der Waals surface area contributed by atoms with Crippen LogP contribution >= 0.6 is 0 Å². The summed E-state index contributed by atoms with van der Waals surface area (Å²) in [5.74, 6) is 0.842. The number of terminal acetylenes is 1. The van der Waals surface area contributed by atoms with Crippen LogP contribution in [0.3, 0.4) is 0 Å². The van der Waals surface area contributed by atoms with Gasteiger partial charge in [0.15, 0.2) is 21.9 Å². The molecule has 68 heavy (non-hydrogen) atoms. The molecular weight excluding hydrogens is 837 g/mol. The highest BCUT2D eigenvalue weighted by atomic mass is 16.5. The van der Waals surface area contributed by atoms with Crippen molar-refractivity contribution >= 4 is 76.7 Å². The monoisotopic (exact) mass is 876 g/mol. The molecule has 0 bridgehead atoms. The van der Waals surface area contributed by atoms with Crippen LogP contribution in [0.4, 0.5) is 0 Å². The molecular formula is C62H40N2O4. The van der Waals surface area contributed by atoms with Crippen LogP contribution in [0.1, 0.15) is 24.1 Å². The van der Waals surface area contributed by atoms with Crippen LogP contribution in [0.5, 0.6) is 5.75 Å². The first-order valence-electron chi connectivity index (χ1n) is 21.3. The van der Waals surface area contributed by atoms with Gasteiger partial charge < -0.3 is 13.7 Å². The minimum absolute atomic E-state index is 0. The van der Waals surface area contributed by atoms with Crippen molar-refractivity contribution in [3.63, 3.8) is 0 Å². The molecule has 0 amide bonds. The molecule has 11 aromatic rings. The van der Waals surface area contributed by atoms with E-state index in [0.717, 1.165) is 55.6 Å². The Bertz CT molecular complexity index is 4190. The largest absolute Gasteiger partial charge is 0.473 e. The van der Waals surface area contributed by atoms with Crippen LogP contribution < -0.4 is 21.0 Å². The molecule has 1 unspecified atom stereocenters. The van der Waals surface area contributed by atoms with Crippen LogP contribution in [0, 0.1) is 12.8 Å². The number of hydrogen-bond acceptors (Lipinski definition) is 4. The van der Waals surface area contributed by atoms with Gasteiger partial charge in [0.25, 0.3) is 0 Å². The molecule has 6 heteroatoms. The summed E-state index contributed by atoms with van der Waals surface area (Å²) < 4.78 is 11.3. The molecule has 0 radical (unpaired) electrons. The number of para-hydroxylation sites is 6. The van der Waals surface area contributed by atoms with Crippen LogP contribution in [0.2, 0.25) is 0 Å². The molecule has 0 fully saturated rings. The molecule has 0 saturated heterocycles. The summed E-state index contributed by atoms with van der Waals surface area (Å²) in [6, 6.07) is 55.3. The number of pyridine rings is 3. The lowest BCUT2D eigenvalue weighted by atomic mass is 9.78. The number of ether oxygens (including phenoxy) is 1. The number of benzene rings is 8. The number of nitrogens with zero attached hydrogens (tertiary/aromatic N) is 2. The zero-order chi connectivity index (χ0) is 46.2. The zero-order valence-electron chi connectivity index (χ0n) is 35.9. The lowest BCUT2D eigenvalue weighted by Crippen LogP contribution is -2.39. The van der Waals surface area contributed by atoms with E-state index in [4.69, 9.17) is 4.74 Å². The average molecular weight is 877 g/mol. The van der Waals surface area contributed by atoms with Crippen LogP contribution in [0.25, 0.3) is 82.4 Å². The predicted octanol–water partition coefficient (Wildman–Crippen LogP) is 13.0. The topological polar surface area (TPSA) is 69.8 Å². The molecule has 2 aliphatic rings. The van der Waals surface area contributed by atoms with E-state index in [0.29, 0.717) is 32.4 Å². The van der Waals surface area contributed by atoms with Crippen molar-refractivity contribution in [1.29, 1.82) is 0 Å². The molecule has 1 spiro atoms. The fraction of sp³-hybridized carbons (Fsp3) is 0.0323. The molecule has 5 heterocycles. The normalized spacial score (nSPS) is 13.4. The van der Waals surface area contributed by atoms with E-state index in [9.17, 15) is 14.4 Å². The van der Waals surface area contributed by atoms with Crippen molar-refractivity contribution in [1.82, 2.24) is 8.97 Å². The van der Waals surface area contributed by atoms with E-state index in [2.05, 4.69) is 132 Å². The summed E-state index contributed by atoms with van der Waals surface area (Å²) >= 11 is 0. The Morgan fingerprint density at radius 2 is 0.941 bits per heavy atom. The molecule has 0 N–H and O–H groups in total. The smallest absolute Gasteiger partial charge is 0.197 e. The van der Waals surface area contributed by atoms with Crippen molar-refractivity contribution < 1.29 is 4.74 Å². The van der Waals surface area contributed by atoms with Gasteiger partial charge in [-0.2, -0.15) is 0 Å². The van der Waals surface area contributed by atoms with E-state index >= 15 is 0 Å². The number of aromatic nitrogens is 2. The molecule has 13 rings (SSSR count). The molecule has 2 aliphatic heterocycles. The summed E-state index contributed by atoms with van der Waals surface area (Å²) in [6.07, 6.45) is 12.4. The van der Waals surface area contributed by atoms with Crippen LogP contribution in [-0.4, -0.2) is 8.97 Å². The van der Waals surface area contributed by atoms with Gasteiger partial charge in [0.1, 0.15) is 5.75 Å². The standard InChI is InChI=1S/C32H19NO2.C20H11NO2.C7H4.C2H2.CH4/c34-31-23-10-3-5-14-27(23)33-28-15-6-4-12-25(28)32(26-13-7-11-24(31)30(26)33)19-18-22-21-9-2-1-8-20(21)16-17-29(22)35-32;22-19-12-6-1-3-10-16(12)21-17-11-4-2-7-13(17)20(23)15-9-5-8-14(19)18(15)21;1-3-5-7-6-4-2;1-2;/h1-19H;1-11H;1-2H2;1-2H;1H4. The van der Waals surface area contributed by atoms with Crippen LogP contribution in [0.15, 0.2) is 232 Å². The minimum atomic E-state index is -0.833. The van der Waals surface area contributed by atoms with Crippen molar-refractivity contribution in [2.75, 3.05) is 0 Å². The lowest BCUT2D eigenvalue weighted by molar-refractivity contribution is 0.161. The maximum absolute atomic E-state index is 13.6. The van der Waals surface area contributed by atoms with Gasteiger partial charge in [0.05, 0.1) is 33.3 Å². The third-order valence-electron chi connectivity index (χ3n) is 12.4. The maximum Gasteiger partial charge on any atom is 0.197 e. The Kier molecular flexibility index (Phi) is 11.4. The van der Waals surface area contributed by atoms with E-state index in [-0.39, 0.29) is 23.7 Å². The third-order valence-corrected chi connectivity index (χ3v) is 12.4. The van der Waals surface area contributed by atoms with Gasteiger partial charge in [0.2, 0.25) is 0 Å². The fourth-order valence-electron chi connectivity index (χ4n) is 9.66. The highest BCUT2D eigenvalue weighted by Crippen LogP contribution is 2.50. The first kappa shape index (κ1) is 43.6. The second kappa shape index (κ2) is 17.7. The predicted molar refractivity (Wildman–Crippen MR) is 281 cm³/mol. The Hall–Kier alpha value is -9.63. The number of fused-ring (bicyclic) bond motifs is 13. The number of hydrogen-bond donors (Lipinski definition) is 0. The van der Waals surface area contributed by atoms with Gasteiger partial charge in [0, 0.05) is 49.0 Å². The van der Waals surface area contributed by atoms with Crippen molar-refractivity contribution in [2.45, 2.75) is 13.0 Å². The first-order valence-corrected chi connectivity index (χ1v) is 21.3. The second-order valence-electron chi connectivity index (χ2n) is 15.7. The van der Waals surface area contributed by atoms with Gasteiger partial charge >= 0.3 is 0 Å². The highest BCUT2D eigenvalue weighted by molar-refractivity contribution is 6.08. The Labute approximate surface area is 391 Å². The van der Waals surface area contributed by atoms with E-state index in [1.807, 2.05) is 95.4 Å². The van der Waals surface area contributed by atoms with Gasteiger partial charge in [-0.1, -0.05) is 122 Å². The van der Waals surface area contributed by atoms with E-state index in [1.54, 1.807) is 18.2 Å². The maximum atomic E-state index is 13.6. The van der Waals surface area contributed by atoms with Crippen molar-refractivity contribution in [2.24, 2.45) is 0 Å². The van der Waals surface area contributed by atoms with E-state index < -0.39 is 5.60 Å². The van der Waals surface area contributed by atoms with Gasteiger partial charge in [-0.05, 0) is 120 Å². The summed E-state index contributed by atoms with van der Waals surface area (Å²) in [7, 11) is 0. The van der Waals surface area contributed by atoms with Crippen molar-refractivity contribution in [3.8, 4) is 24.3 Å². The molecule has 3 aromatic heterocycles. The lowest BCUT2D eigenvalue weighted by Gasteiger charge is -2.41. The Balaban J connectivity index is 0.000000151. The van der Waals surface area contributed by atoms with Gasteiger partial charge in [-0.25, -0.2) is 0 Å². The first-order chi connectivity index (χ1) is 32.9. The average Bonchev–Trinajstić information content (AvgIpc) is 3.39. The van der Waals surface area contributed by atoms with E-state index in [1.165, 1.54) is 10.8 Å². The minimum Gasteiger partial charge on any atom is -0.473 e. The molecule has 1 atom stereocenters. The van der Waals surface area contributed by atoms with Crippen LogP contribution in [-0.2, 0) is 5.60 Å². The molecule has 0 aliphatic carbocycles. The summed E-state index contributed by atoms with van der Waals surface area (Å²) in [6.45, 7) is 6.49. The van der Waals surface area contributed by atoms with Gasteiger partial charge in [-0.15, -0.1) is 12.8 Å². The Morgan fingerprint density at radius 1 is 0.471 bits per heavy atom. The molecule has 322 valence electrons. The van der Waals surface area contributed by atoms with Crippen molar-refractivity contribution in [3.05, 3.63) is 265 Å². The molecule has 8 aromatic carbocycles. The summed E-state index contributed by atoms with van der Waals surface area (Å²) in [5.41, 5.74) is 19.5. The van der Waals surface area contributed by atoms with Gasteiger partial charge in [-0.3, -0.25) is 14.4 Å². The number of rotatable bonds is 0. The third kappa shape index (κ3) is 6.64. The second-order valence-corrected chi connectivity index (χ2v) is 15.7. The zero-order valence-corrected chi connectivity index (χ0v) is 35.9. The Morgan fingerprint density at radius 3 is 1.56 bits per heavy atom. The fourth-order valence-corrected chi connectivity index (χ4v) is 9.66.